The van der Waals surface area contributed by atoms with Crippen molar-refractivity contribution >= 4 is 43.5 Å². The topological polar surface area (TPSA) is 116 Å². The molecule has 0 unspecified atom stereocenters. The Morgan fingerprint density at radius 3 is 2.36 bits per heavy atom. The Balaban J connectivity index is 1.99. The van der Waals surface area contributed by atoms with Crippen LogP contribution in [0.3, 0.4) is 0 Å². The van der Waals surface area contributed by atoms with Gasteiger partial charge in [0, 0.05) is 10.2 Å². The minimum absolute atomic E-state index is 0.0698. The van der Waals surface area contributed by atoms with Crippen LogP contribution >= 0.6 is 15.9 Å². The number of hydrogen-bond acceptors (Lipinski definition) is 5. The lowest BCUT2D eigenvalue weighted by atomic mass is 10.2. The second-order valence-corrected chi connectivity index (χ2v) is 7.59. The molecule has 0 spiro atoms. The van der Waals surface area contributed by atoms with Gasteiger partial charge in [-0.1, -0.05) is 22.0 Å². The molecule has 0 aliphatic rings. The Labute approximate surface area is 153 Å². The zero-order valence-corrected chi connectivity index (χ0v) is 15.5. The van der Waals surface area contributed by atoms with E-state index in [1.807, 2.05) is 0 Å². The third-order valence-electron chi connectivity index (χ3n) is 3.16. The van der Waals surface area contributed by atoms with Crippen molar-refractivity contribution in [2.45, 2.75) is 17.9 Å². The molecule has 0 aliphatic carbocycles. The number of sulfonamides is 1. The first-order valence-electron chi connectivity index (χ1n) is 7.07. The molecule has 0 aliphatic heterocycles. The van der Waals surface area contributed by atoms with Crippen molar-refractivity contribution in [3.05, 3.63) is 58.6 Å². The van der Waals surface area contributed by atoms with Crippen LogP contribution in [0, 0.1) is 0 Å². The summed E-state index contributed by atoms with van der Waals surface area (Å²) >= 11 is 3.25. The Kier molecular flexibility index (Phi) is 5.93. The van der Waals surface area contributed by atoms with Crippen LogP contribution in [0.25, 0.3) is 0 Å². The molecule has 0 fully saturated rings. The van der Waals surface area contributed by atoms with Crippen molar-refractivity contribution < 1.29 is 22.7 Å². The van der Waals surface area contributed by atoms with Crippen LogP contribution in [0.15, 0.2) is 57.9 Å². The standard InChI is InChI=1S/C16H15BrN2O5S/c1-10(24-16(21)11-3-2-4-12(17)9-11)15(20)19-13-5-7-14(8-6-13)25(18,22)23/h2-10H,1H3,(H,19,20)(H2,18,22,23)/t10-/m0/s1. The van der Waals surface area contributed by atoms with Gasteiger partial charge in [-0.15, -0.1) is 0 Å². The highest BCUT2D eigenvalue weighted by atomic mass is 79.9. The van der Waals surface area contributed by atoms with Crippen molar-refractivity contribution in [1.82, 2.24) is 0 Å². The number of hydrogen-bond donors (Lipinski definition) is 2. The van der Waals surface area contributed by atoms with E-state index in [4.69, 9.17) is 9.88 Å². The van der Waals surface area contributed by atoms with Crippen molar-refractivity contribution in [2.24, 2.45) is 5.14 Å². The third-order valence-corrected chi connectivity index (χ3v) is 4.59. The molecular weight excluding hydrogens is 412 g/mol. The maximum absolute atomic E-state index is 12.1. The summed E-state index contributed by atoms with van der Waals surface area (Å²) in [4.78, 5) is 24.0. The molecule has 9 heteroatoms. The molecule has 0 bridgehead atoms. The summed E-state index contributed by atoms with van der Waals surface area (Å²) in [6.45, 7) is 1.43. The summed E-state index contributed by atoms with van der Waals surface area (Å²) in [6.07, 6.45) is -1.04. The minimum Gasteiger partial charge on any atom is -0.449 e. The molecule has 1 atom stereocenters. The lowest BCUT2D eigenvalue weighted by Crippen LogP contribution is -2.30. The average Bonchev–Trinajstić information content (AvgIpc) is 2.54. The van der Waals surface area contributed by atoms with Gasteiger partial charge in [0.1, 0.15) is 0 Å². The van der Waals surface area contributed by atoms with E-state index in [1.54, 1.807) is 24.3 Å². The number of nitrogens with two attached hydrogens (primary N) is 1. The van der Waals surface area contributed by atoms with Gasteiger partial charge in [-0.25, -0.2) is 18.4 Å². The van der Waals surface area contributed by atoms with Gasteiger partial charge in [-0.2, -0.15) is 0 Å². The maximum Gasteiger partial charge on any atom is 0.338 e. The highest BCUT2D eigenvalue weighted by molar-refractivity contribution is 9.10. The van der Waals surface area contributed by atoms with Gasteiger partial charge in [-0.3, -0.25) is 4.79 Å². The van der Waals surface area contributed by atoms with E-state index in [9.17, 15) is 18.0 Å². The molecule has 0 saturated carbocycles. The van der Waals surface area contributed by atoms with Crippen LogP contribution in [0.1, 0.15) is 17.3 Å². The summed E-state index contributed by atoms with van der Waals surface area (Å²) in [5, 5.41) is 7.53. The number of ether oxygens (including phenoxy) is 1. The van der Waals surface area contributed by atoms with Gasteiger partial charge in [0.05, 0.1) is 10.5 Å². The number of benzene rings is 2. The zero-order chi connectivity index (χ0) is 18.6. The van der Waals surface area contributed by atoms with Gasteiger partial charge in [-0.05, 0) is 49.4 Å². The molecule has 7 nitrogen and oxygen atoms in total. The van der Waals surface area contributed by atoms with E-state index >= 15 is 0 Å². The molecule has 0 saturated heterocycles. The fourth-order valence-corrected chi connectivity index (χ4v) is 2.78. The average molecular weight is 427 g/mol. The molecule has 0 heterocycles. The van der Waals surface area contributed by atoms with Crippen molar-refractivity contribution in [3.8, 4) is 0 Å². The fraction of sp³-hybridized carbons (Fsp3) is 0.125. The smallest absolute Gasteiger partial charge is 0.338 e. The van der Waals surface area contributed by atoms with Gasteiger partial charge in [0.2, 0.25) is 10.0 Å². The van der Waals surface area contributed by atoms with Crippen LogP contribution in [0.2, 0.25) is 0 Å². The number of halogens is 1. The molecule has 2 aromatic rings. The summed E-state index contributed by atoms with van der Waals surface area (Å²) in [5.74, 6) is -1.18. The molecule has 2 aromatic carbocycles. The van der Waals surface area contributed by atoms with E-state index in [1.165, 1.54) is 31.2 Å². The second-order valence-electron chi connectivity index (χ2n) is 5.12. The van der Waals surface area contributed by atoms with Crippen molar-refractivity contribution in [2.75, 3.05) is 5.32 Å². The Morgan fingerprint density at radius 2 is 1.80 bits per heavy atom. The van der Waals surface area contributed by atoms with Crippen LogP contribution in [-0.2, 0) is 19.6 Å². The number of primary sulfonamides is 1. The highest BCUT2D eigenvalue weighted by Crippen LogP contribution is 2.15. The molecular formula is C16H15BrN2O5S. The van der Waals surface area contributed by atoms with Crippen LogP contribution in [0.4, 0.5) is 5.69 Å². The summed E-state index contributed by atoms with van der Waals surface area (Å²) < 4.78 is 28.2. The van der Waals surface area contributed by atoms with Crippen LogP contribution in [0.5, 0.6) is 0 Å². The zero-order valence-electron chi connectivity index (χ0n) is 13.1. The van der Waals surface area contributed by atoms with E-state index in [0.717, 1.165) is 0 Å². The fourth-order valence-electron chi connectivity index (χ4n) is 1.87. The van der Waals surface area contributed by atoms with Gasteiger partial charge in [0.25, 0.3) is 5.91 Å². The lowest BCUT2D eigenvalue weighted by Gasteiger charge is -2.14. The quantitative estimate of drug-likeness (QED) is 0.711. The molecule has 0 aromatic heterocycles. The first-order valence-corrected chi connectivity index (χ1v) is 9.41. The third kappa shape index (κ3) is 5.38. The van der Waals surface area contributed by atoms with E-state index in [0.29, 0.717) is 15.7 Å². The van der Waals surface area contributed by atoms with E-state index in [2.05, 4.69) is 21.2 Å². The minimum atomic E-state index is -3.80. The number of nitrogens with one attached hydrogen (secondary N) is 1. The molecule has 1 amide bonds. The van der Waals surface area contributed by atoms with Crippen molar-refractivity contribution in [3.63, 3.8) is 0 Å². The molecule has 2 rings (SSSR count). The van der Waals surface area contributed by atoms with Gasteiger partial charge < -0.3 is 10.1 Å². The monoisotopic (exact) mass is 426 g/mol. The summed E-state index contributed by atoms with van der Waals surface area (Å²) in [5.41, 5.74) is 0.661. The number of rotatable bonds is 5. The predicted octanol–water partition coefficient (Wildman–Crippen LogP) is 2.28. The molecule has 3 N–H and O–H groups in total. The van der Waals surface area contributed by atoms with Crippen LogP contribution in [-0.4, -0.2) is 26.4 Å². The summed E-state index contributed by atoms with van der Waals surface area (Å²) in [7, 11) is -3.80. The van der Waals surface area contributed by atoms with Crippen LogP contribution < -0.4 is 10.5 Å². The number of carbonyl (C=O) groups is 2. The van der Waals surface area contributed by atoms with Gasteiger partial charge >= 0.3 is 5.97 Å². The number of anilines is 1. The molecule has 132 valence electrons. The molecule has 0 radical (unpaired) electrons. The predicted molar refractivity (Wildman–Crippen MR) is 95.5 cm³/mol. The maximum atomic E-state index is 12.1. The SMILES string of the molecule is C[C@H](OC(=O)c1cccc(Br)c1)C(=O)Nc1ccc(S(N)(=O)=O)cc1. The highest BCUT2D eigenvalue weighted by Gasteiger charge is 2.19. The first kappa shape index (κ1) is 19.1. The largest absolute Gasteiger partial charge is 0.449 e. The Hall–Kier alpha value is -2.23. The van der Waals surface area contributed by atoms with Crippen molar-refractivity contribution in [1.29, 1.82) is 0 Å². The normalized spacial score (nSPS) is 12.3. The number of amides is 1. The molecule has 25 heavy (non-hydrogen) atoms. The summed E-state index contributed by atoms with van der Waals surface area (Å²) in [6, 6.07) is 11.9. The number of esters is 1. The Bertz CT molecular complexity index is 897. The van der Waals surface area contributed by atoms with E-state index < -0.39 is 28.0 Å². The van der Waals surface area contributed by atoms with Gasteiger partial charge in [0.15, 0.2) is 6.10 Å². The lowest BCUT2D eigenvalue weighted by molar-refractivity contribution is -0.123. The first-order chi connectivity index (χ1) is 11.7. The number of carbonyl (C=O) groups excluding carboxylic acids is 2. The Morgan fingerprint density at radius 1 is 1.16 bits per heavy atom. The second kappa shape index (κ2) is 7.77. The van der Waals surface area contributed by atoms with E-state index in [-0.39, 0.29) is 4.90 Å².